The van der Waals surface area contributed by atoms with Crippen LogP contribution >= 0.6 is 23.2 Å². The average molecular weight is 398 g/mol. The van der Waals surface area contributed by atoms with Crippen molar-refractivity contribution in [2.75, 3.05) is 44.6 Å². The molecule has 1 aromatic rings. The number of rotatable bonds is 5. The lowest BCUT2D eigenvalue weighted by Gasteiger charge is -2.37. The van der Waals surface area contributed by atoms with E-state index < -0.39 is 0 Å². The summed E-state index contributed by atoms with van der Waals surface area (Å²) in [7, 11) is 0. The molecule has 2 fully saturated rings. The van der Waals surface area contributed by atoms with Gasteiger partial charge in [-0.05, 0) is 76.0 Å². The number of carbonyl (C=O) groups is 1. The van der Waals surface area contributed by atoms with Gasteiger partial charge in [0.2, 0.25) is 5.91 Å². The number of piperidine rings is 2. The number of anilines is 1. The molecule has 144 valence electrons. The summed E-state index contributed by atoms with van der Waals surface area (Å²) < 4.78 is 0. The number of hydrogen-bond donors (Lipinski definition) is 1. The fourth-order valence-corrected chi connectivity index (χ4v) is 4.45. The Hall–Kier alpha value is -0.810. The molecule has 1 amide bonds. The van der Waals surface area contributed by atoms with Crippen molar-refractivity contribution in [3.05, 3.63) is 28.2 Å². The Balaban J connectivity index is 1.44. The lowest BCUT2D eigenvalue weighted by atomic mass is 9.93. The Morgan fingerprint density at radius 1 is 1.12 bits per heavy atom. The first kappa shape index (κ1) is 19.9. The highest BCUT2D eigenvalue weighted by molar-refractivity contribution is 6.42. The van der Waals surface area contributed by atoms with Crippen LogP contribution in [-0.4, -0.2) is 55.0 Å². The van der Waals surface area contributed by atoms with Crippen LogP contribution in [0.5, 0.6) is 0 Å². The van der Waals surface area contributed by atoms with Crippen LogP contribution in [0.1, 0.15) is 32.6 Å². The summed E-state index contributed by atoms with van der Waals surface area (Å²) in [6.07, 6.45) is 4.52. The zero-order valence-corrected chi connectivity index (χ0v) is 17.0. The zero-order chi connectivity index (χ0) is 18.5. The highest BCUT2D eigenvalue weighted by atomic mass is 35.5. The highest BCUT2D eigenvalue weighted by Gasteiger charge is 2.27. The molecule has 6 heteroatoms. The van der Waals surface area contributed by atoms with E-state index in [2.05, 4.69) is 22.0 Å². The molecule has 2 heterocycles. The number of hydrogen-bond acceptors (Lipinski definition) is 3. The third-order valence-corrected chi connectivity index (χ3v) is 6.45. The first-order chi connectivity index (χ1) is 12.5. The standard InChI is InChI=1S/C20H29Cl2N3O/c1-2-24-9-3-4-15(13-24)14-25-10-7-16(8-11-25)20(26)23-17-5-6-18(21)19(22)12-17/h5-6,12,15-16H,2-4,7-11,13-14H2,1H3,(H,23,26)/t15-/m1/s1. The van der Waals surface area contributed by atoms with E-state index in [0.717, 1.165) is 38.4 Å². The summed E-state index contributed by atoms with van der Waals surface area (Å²) in [4.78, 5) is 17.6. The van der Waals surface area contributed by atoms with Crippen LogP contribution in [0.2, 0.25) is 10.0 Å². The van der Waals surface area contributed by atoms with Gasteiger partial charge >= 0.3 is 0 Å². The fourth-order valence-electron chi connectivity index (χ4n) is 4.15. The Bertz CT molecular complexity index is 617. The third kappa shape index (κ3) is 5.35. The molecule has 1 aromatic carbocycles. The highest BCUT2D eigenvalue weighted by Crippen LogP contribution is 2.27. The summed E-state index contributed by atoms with van der Waals surface area (Å²) in [5, 5.41) is 3.95. The molecule has 2 saturated heterocycles. The predicted molar refractivity (Wildman–Crippen MR) is 109 cm³/mol. The van der Waals surface area contributed by atoms with Crippen molar-refractivity contribution >= 4 is 34.8 Å². The molecule has 1 atom stereocenters. The molecule has 3 rings (SSSR count). The Labute approximate surface area is 166 Å². The van der Waals surface area contributed by atoms with E-state index in [1.54, 1.807) is 18.2 Å². The number of nitrogens with one attached hydrogen (secondary N) is 1. The van der Waals surface area contributed by atoms with Crippen LogP contribution in [0, 0.1) is 11.8 Å². The molecule has 4 nitrogen and oxygen atoms in total. The maximum Gasteiger partial charge on any atom is 0.227 e. The van der Waals surface area contributed by atoms with Gasteiger partial charge in [0, 0.05) is 24.7 Å². The number of benzene rings is 1. The number of amides is 1. The molecule has 0 saturated carbocycles. The minimum Gasteiger partial charge on any atom is -0.326 e. The lowest BCUT2D eigenvalue weighted by Crippen LogP contribution is -2.44. The van der Waals surface area contributed by atoms with Crippen molar-refractivity contribution in [3.8, 4) is 0 Å². The predicted octanol–water partition coefficient (Wildman–Crippen LogP) is 4.38. The molecule has 26 heavy (non-hydrogen) atoms. The monoisotopic (exact) mass is 397 g/mol. The average Bonchev–Trinajstić information content (AvgIpc) is 2.65. The van der Waals surface area contributed by atoms with Crippen LogP contribution in [-0.2, 0) is 4.79 Å². The molecule has 0 aromatic heterocycles. The quantitative estimate of drug-likeness (QED) is 0.800. The van der Waals surface area contributed by atoms with Crippen LogP contribution in [0.25, 0.3) is 0 Å². The summed E-state index contributed by atoms with van der Waals surface area (Å²) in [6.45, 7) is 9.10. The van der Waals surface area contributed by atoms with Gasteiger partial charge in [0.1, 0.15) is 0 Å². The second kappa shape index (κ2) is 9.41. The van der Waals surface area contributed by atoms with E-state index in [1.165, 1.54) is 32.5 Å². The van der Waals surface area contributed by atoms with Gasteiger partial charge in [-0.1, -0.05) is 30.1 Å². The molecule has 2 aliphatic heterocycles. The Morgan fingerprint density at radius 3 is 2.58 bits per heavy atom. The second-order valence-corrected chi connectivity index (χ2v) is 8.41. The maximum atomic E-state index is 12.5. The van der Waals surface area contributed by atoms with Crippen molar-refractivity contribution in [1.82, 2.24) is 9.80 Å². The number of halogens is 2. The molecule has 0 unspecified atom stereocenters. The van der Waals surface area contributed by atoms with E-state index in [1.807, 2.05) is 0 Å². The van der Waals surface area contributed by atoms with Crippen LogP contribution in [0.3, 0.4) is 0 Å². The van der Waals surface area contributed by atoms with Crippen molar-refractivity contribution in [2.24, 2.45) is 11.8 Å². The molecular weight excluding hydrogens is 369 g/mol. The summed E-state index contributed by atoms with van der Waals surface area (Å²) in [5.41, 5.74) is 0.716. The van der Waals surface area contributed by atoms with Crippen molar-refractivity contribution in [1.29, 1.82) is 0 Å². The normalized spacial score (nSPS) is 23.1. The molecule has 0 aliphatic carbocycles. The second-order valence-electron chi connectivity index (χ2n) is 7.59. The van der Waals surface area contributed by atoms with Gasteiger partial charge in [-0.2, -0.15) is 0 Å². The van der Waals surface area contributed by atoms with Gasteiger partial charge in [-0.3, -0.25) is 4.79 Å². The van der Waals surface area contributed by atoms with Gasteiger partial charge in [0.25, 0.3) is 0 Å². The van der Waals surface area contributed by atoms with E-state index >= 15 is 0 Å². The Morgan fingerprint density at radius 2 is 1.88 bits per heavy atom. The van der Waals surface area contributed by atoms with Gasteiger partial charge in [0.15, 0.2) is 0 Å². The Kier molecular flexibility index (Phi) is 7.21. The van der Waals surface area contributed by atoms with E-state index in [9.17, 15) is 4.79 Å². The minimum absolute atomic E-state index is 0.0826. The van der Waals surface area contributed by atoms with E-state index in [4.69, 9.17) is 23.2 Å². The molecule has 0 spiro atoms. The van der Waals surface area contributed by atoms with Crippen LogP contribution < -0.4 is 5.32 Å². The van der Waals surface area contributed by atoms with Crippen molar-refractivity contribution in [2.45, 2.75) is 32.6 Å². The molecular formula is C20H29Cl2N3O. The van der Waals surface area contributed by atoms with Crippen LogP contribution in [0.15, 0.2) is 18.2 Å². The van der Waals surface area contributed by atoms with Gasteiger partial charge < -0.3 is 15.1 Å². The van der Waals surface area contributed by atoms with Crippen LogP contribution in [0.4, 0.5) is 5.69 Å². The molecule has 0 bridgehead atoms. The smallest absolute Gasteiger partial charge is 0.227 e. The lowest BCUT2D eigenvalue weighted by molar-refractivity contribution is -0.121. The molecule has 1 N–H and O–H groups in total. The SMILES string of the molecule is CCN1CCC[C@@H](CN2CCC(C(=O)Nc3ccc(Cl)c(Cl)c3)CC2)C1. The number of nitrogens with zero attached hydrogens (tertiary/aromatic N) is 2. The van der Waals surface area contributed by atoms with Crippen molar-refractivity contribution < 1.29 is 4.79 Å². The van der Waals surface area contributed by atoms with Gasteiger partial charge in [0.05, 0.1) is 10.0 Å². The number of carbonyl (C=O) groups excluding carboxylic acids is 1. The van der Waals surface area contributed by atoms with E-state index in [0.29, 0.717) is 15.7 Å². The van der Waals surface area contributed by atoms with Gasteiger partial charge in [-0.15, -0.1) is 0 Å². The largest absolute Gasteiger partial charge is 0.326 e. The topological polar surface area (TPSA) is 35.6 Å². The summed E-state index contributed by atoms with van der Waals surface area (Å²) >= 11 is 11.9. The zero-order valence-electron chi connectivity index (χ0n) is 15.5. The van der Waals surface area contributed by atoms with E-state index in [-0.39, 0.29) is 11.8 Å². The molecule has 0 radical (unpaired) electrons. The fraction of sp³-hybridized carbons (Fsp3) is 0.650. The van der Waals surface area contributed by atoms with Crippen molar-refractivity contribution in [3.63, 3.8) is 0 Å². The first-order valence-electron chi connectivity index (χ1n) is 9.75. The number of likely N-dealkylation sites (tertiary alicyclic amines) is 2. The first-order valence-corrected chi connectivity index (χ1v) is 10.5. The summed E-state index contributed by atoms with van der Waals surface area (Å²) in [6, 6.07) is 5.22. The van der Waals surface area contributed by atoms with Gasteiger partial charge in [-0.25, -0.2) is 0 Å². The third-order valence-electron chi connectivity index (χ3n) is 5.71. The maximum absolute atomic E-state index is 12.5. The molecule has 2 aliphatic rings. The summed E-state index contributed by atoms with van der Waals surface area (Å²) in [5.74, 6) is 0.961. The minimum atomic E-state index is 0.0826.